The maximum absolute atomic E-state index is 9.17. The van der Waals surface area contributed by atoms with Crippen LogP contribution in [-0.2, 0) is 17.6 Å². The van der Waals surface area contributed by atoms with E-state index in [1.54, 1.807) is 0 Å². The van der Waals surface area contributed by atoms with E-state index in [9.17, 15) is 5.26 Å². The summed E-state index contributed by atoms with van der Waals surface area (Å²) in [5.74, 6) is 1.22. The summed E-state index contributed by atoms with van der Waals surface area (Å²) >= 11 is 0. The standard InChI is InChI=1S/C23H23N3O/c1-16-11-20(22(15-24)25-2)14-21(27-16)8-7-17-12-18-5-3-9-26-10-4-6-19(13-17)23(18)26/h7-8,11-14,20,22H,3-6,9-10H2,1H3. The molecule has 4 nitrogen and oxygen atoms in total. The van der Waals surface area contributed by atoms with Gasteiger partial charge in [0, 0.05) is 18.8 Å². The van der Waals surface area contributed by atoms with Gasteiger partial charge in [-0.3, -0.25) is 4.85 Å². The summed E-state index contributed by atoms with van der Waals surface area (Å²) < 4.78 is 5.79. The van der Waals surface area contributed by atoms with E-state index >= 15 is 0 Å². The molecule has 0 radical (unpaired) electrons. The minimum atomic E-state index is -0.702. The summed E-state index contributed by atoms with van der Waals surface area (Å²) in [5.41, 5.74) is 5.60. The van der Waals surface area contributed by atoms with Gasteiger partial charge in [0.25, 0.3) is 0 Å². The van der Waals surface area contributed by atoms with Crippen LogP contribution < -0.4 is 4.90 Å². The van der Waals surface area contributed by atoms with Crippen LogP contribution in [0.3, 0.4) is 0 Å². The van der Waals surface area contributed by atoms with Gasteiger partial charge in [-0.15, -0.1) is 0 Å². The second-order valence-corrected chi connectivity index (χ2v) is 7.44. The van der Waals surface area contributed by atoms with Crippen LogP contribution >= 0.6 is 0 Å². The molecule has 2 atom stereocenters. The van der Waals surface area contributed by atoms with E-state index in [0.717, 1.165) is 18.6 Å². The highest BCUT2D eigenvalue weighted by Crippen LogP contribution is 2.36. The molecule has 1 aromatic carbocycles. The van der Waals surface area contributed by atoms with Crippen LogP contribution in [0.4, 0.5) is 5.69 Å². The van der Waals surface area contributed by atoms with E-state index in [1.807, 2.05) is 25.2 Å². The zero-order valence-electron chi connectivity index (χ0n) is 15.6. The highest BCUT2D eigenvalue weighted by Gasteiger charge is 2.26. The Morgan fingerprint density at radius 3 is 2.56 bits per heavy atom. The molecule has 0 spiro atoms. The van der Waals surface area contributed by atoms with Gasteiger partial charge in [-0.2, -0.15) is 5.26 Å². The van der Waals surface area contributed by atoms with Gasteiger partial charge >= 0.3 is 6.04 Å². The average molecular weight is 357 g/mol. The molecule has 136 valence electrons. The van der Waals surface area contributed by atoms with Crippen molar-refractivity contribution >= 4 is 11.8 Å². The van der Waals surface area contributed by atoms with Crippen molar-refractivity contribution in [3.8, 4) is 6.07 Å². The van der Waals surface area contributed by atoms with Crippen LogP contribution in [0.5, 0.6) is 0 Å². The Kier molecular flexibility index (Phi) is 4.73. The Labute approximate surface area is 160 Å². The summed E-state index contributed by atoms with van der Waals surface area (Å²) in [6.07, 6.45) is 12.5. The molecule has 0 amide bonds. The number of ether oxygens (including phenoxy) is 1. The van der Waals surface area contributed by atoms with E-state index in [1.165, 1.54) is 48.3 Å². The molecule has 0 saturated heterocycles. The lowest BCUT2D eigenvalue weighted by Gasteiger charge is -2.37. The average Bonchev–Trinajstić information content (AvgIpc) is 2.67. The SMILES string of the molecule is [C-]#[N+]C(C#N)C1C=C(C)OC(C=Cc2cc3c4c(c2)CCCN4CCC3)=C1. The fourth-order valence-corrected chi connectivity index (χ4v) is 4.34. The zero-order valence-corrected chi connectivity index (χ0v) is 15.6. The summed E-state index contributed by atoms with van der Waals surface area (Å²) in [4.78, 5) is 5.96. The monoisotopic (exact) mass is 357 g/mol. The number of rotatable bonds is 3. The van der Waals surface area contributed by atoms with E-state index in [0.29, 0.717) is 5.76 Å². The van der Waals surface area contributed by atoms with Gasteiger partial charge in [0.05, 0.1) is 11.7 Å². The Bertz CT molecular complexity index is 881. The Morgan fingerprint density at radius 2 is 1.93 bits per heavy atom. The third-order valence-corrected chi connectivity index (χ3v) is 5.49. The molecule has 0 fully saturated rings. The molecule has 4 heteroatoms. The van der Waals surface area contributed by atoms with Crippen LogP contribution in [0.2, 0.25) is 0 Å². The van der Waals surface area contributed by atoms with Crippen molar-refractivity contribution in [3.63, 3.8) is 0 Å². The van der Waals surface area contributed by atoms with Crippen molar-refractivity contribution in [2.24, 2.45) is 5.92 Å². The number of anilines is 1. The second-order valence-electron chi connectivity index (χ2n) is 7.44. The van der Waals surface area contributed by atoms with Crippen LogP contribution in [0.25, 0.3) is 10.9 Å². The predicted octanol–water partition coefficient (Wildman–Crippen LogP) is 4.64. The van der Waals surface area contributed by atoms with E-state index in [2.05, 4.69) is 34.0 Å². The molecule has 4 rings (SSSR count). The Hall–Kier alpha value is -2.98. The van der Waals surface area contributed by atoms with Gasteiger partial charge in [-0.05, 0) is 79.7 Å². The van der Waals surface area contributed by atoms with Gasteiger partial charge in [0.15, 0.2) is 6.07 Å². The van der Waals surface area contributed by atoms with Gasteiger partial charge in [0.2, 0.25) is 0 Å². The van der Waals surface area contributed by atoms with Gasteiger partial charge in [0.1, 0.15) is 5.76 Å². The first-order valence-electron chi connectivity index (χ1n) is 9.61. The fraction of sp³-hybridized carbons (Fsp3) is 0.391. The first-order valence-corrected chi connectivity index (χ1v) is 9.61. The highest BCUT2D eigenvalue weighted by molar-refractivity contribution is 5.68. The third-order valence-electron chi connectivity index (χ3n) is 5.49. The molecule has 0 aliphatic carbocycles. The topological polar surface area (TPSA) is 40.6 Å². The van der Waals surface area contributed by atoms with Crippen molar-refractivity contribution in [1.82, 2.24) is 0 Å². The third kappa shape index (κ3) is 3.49. The first kappa shape index (κ1) is 17.4. The number of hydrogen-bond donors (Lipinski definition) is 0. The zero-order chi connectivity index (χ0) is 18.8. The summed E-state index contributed by atoms with van der Waals surface area (Å²) in [7, 11) is 0. The summed E-state index contributed by atoms with van der Waals surface area (Å²) in [5, 5.41) is 9.17. The number of hydrogen-bond acceptors (Lipinski definition) is 3. The molecule has 1 aromatic rings. The molecule has 3 aliphatic rings. The molecule has 0 N–H and O–H groups in total. The lowest BCUT2D eigenvalue weighted by molar-refractivity contribution is 0.304. The highest BCUT2D eigenvalue weighted by atomic mass is 16.5. The molecule has 3 aliphatic heterocycles. The van der Waals surface area contributed by atoms with E-state index in [4.69, 9.17) is 11.3 Å². The van der Waals surface area contributed by atoms with Crippen molar-refractivity contribution in [1.29, 1.82) is 5.26 Å². The van der Waals surface area contributed by atoms with Crippen LogP contribution in [-0.4, -0.2) is 19.1 Å². The molecule has 3 heterocycles. The summed E-state index contributed by atoms with van der Waals surface area (Å²) in [6.45, 7) is 11.4. The van der Waals surface area contributed by atoms with Crippen molar-refractivity contribution < 1.29 is 4.74 Å². The van der Waals surface area contributed by atoms with Crippen LogP contribution in [0.15, 0.2) is 41.9 Å². The maximum atomic E-state index is 9.17. The lowest BCUT2D eigenvalue weighted by Crippen LogP contribution is -2.34. The van der Waals surface area contributed by atoms with Gasteiger partial charge in [-0.1, -0.05) is 6.08 Å². The number of nitrogens with zero attached hydrogens (tertiary/aromatic N) is 3. The minimum Gasteiger partial charge on any atom is -0.463 e. The van der Waals surface area contributed by atoms with Gasteiger partial charge < -0.3 is 9.64 Å². The Balaban J connectivity index is 1.60. The van der Waals surface area contributed by atoms with Crippen LogP contribution in [0, 0.1) is 23.8 Å². The smallest absolute Gasteiger partial charge is 0.316 e. The number of aryl methyl sites for hydroxylation is 2. The first-order chi connectivity index (χ1) is 13.2. The van der Waals surface area contributed by atoms with Crippen molar-refractivity contribution in [2.45, 2.75) is 38.6 Å². The quantitative estimate of drug-likeness (QED) is 0.740. The number of nitriles is 1. The molecule has 0 bridgehead atoms. The van der Waals surface area contributed by atoms with Crippen molar-refractivity contribution in [3.05, 3.63) is 70.0 Å². The second kappa shape index (κ2) is 7.33. The normalized spacial score (nSPS) is 22.0. The maximum Gasteiger partial charge on any atom is 0.316 e. The molecule has 0 aromatic heterocycles. The van der Waals surface area contributed by atoms with Crippen LogP contribution in [0.1, 0.15) is 36.5 Å². The molecule has 2 unspecified atom stereocenters. The summed E-state index contributed by atoms with van der Waals surface area (Å²) in [6, 6.07) is 5.96. The fourth-order valence-electron chi connectivity index (χ4n) is 4.34. The Morgan fingerprint density at radius 1 is 1.22 bits per heavy atom. The van der Waals surface area contributed by atoms with Crippen molar-refractivity contribution in [2.75, 3.05) is 18.0 Å². The largest absolute Gasteiger partial charge is 0.463 e. The van der Waals surface area contributed by atoms with E-state index in [-0.39, 0.29) is 5.92 Å². The molecule has 0 saturated carbocycles. The van der Waals surface area contributed by atoms with E-state index < -0.39 is 6.04 Å². The molecule has 27 heavy (non-hydrogen) atoms. The number of benzene rings is 1. The molecular formula is C23H23N3O. The minimum absolute atomic E-state index is 0.223. The van der Waals surface area contributed by atoms with Gasteiger partial charge in [-0.25, -0.2) is 6.57 Å². The number of allylic oxidation sites excluding steroid dienone is 2. The lowest BCUT2D eigenvalue weighted by atomic mass is 9.90. The predicted molar refractivity (Wildman–Crippen MR) is 107 cm³/mol. The molecular weight excluding hydrogens is 334 g/mol.